The molecule has 0 unspecified atom stereocenters. The van der Waals surface area contributed by atoms with Gasteiger partial charge in [0.25, 0.3) is 0 Å². The van der Waals surface area contributed by atoms with Crippen molar-refractivity contribution in [2.75, 3.05) is 7.11 Å². The first-order valence-electron chi connectivity index (χ1n) is 3.20. The molecule has 4 heteroatoms. The molecule has 11 heavy (non-hydrogen) atoms. The van der Waals surface area contributed by atoms with Gasteiger partial charge in [0.2, 0.25) is 0 Å². The zero-order valence-corrected chi connectivity index (χ0v) is 6.52. The second kappa shape index (κ2) is 4.87. The van der Waals surface area contributed by atoms with E-state index in [4.69, 9.17) is 10.2 Å². The number of carbonyl (C=O) groups excluding carboxylic acids is 1. The first kappa shape index (κ1) is 10.1. The Bertz CT molecular complexity index is 151. The highest BCUT2D eigenvalue weighted by Crippen LogP contribution is 1.93. The number of hydrogen-bond donors (Lipinski definition) is 2. The second-order valence-electron chi connectivity index (χ2n) is 2.11. The summed E-state index contributed by atoms with van der Waals surface area (Å²) < 4.78 is 4.26. The van der Waals surface area contributed by atoms with Crippen LogP contribution in [0.25, 0.3) is 0 Å². The number of aliphatic hydroxyl groups excluding tert-OH is 2. The molecule has 0 aromatic heterocycles. The van der Waals surface area contributed by atoms with Crippen molar-refractivity contribution in [1.82, 2.24) is 0 Å². The van der Waals surface area contributed by atoms with Crippen LogP contribution in [-0.4, -0.2) is 35.5 Å². The Labute approximate surface area is 65.1 Å². The van der Waals surface area contributed by atoms with Crippen molar-refractivity contribution >= 4 is 5.97 Å². The Balaban J connectivity index is 3.82. The fraction of sp³-hybridized carbons (Fsp3) is 0.571. The van der Waals surface area contributed by atoms with Crippen molar-refractivity contribution < 1.29 is 19.7 Å². The molecule has 0 bridgehead atoms. The summed E-state index contributed by atoms with van der Waals surface area (Å²) in [6.07, 6.45) is 0.346. The molecule has 64 valence electrons. The minimum absolute atomic E-state index is 0.551. The van der Waals surface area contributed by atoms with E-state index < -0.39 is 18.2 Å². The van der Waals surface area contributed by atoms with Crippen LogP contribution in [0.3, 0.4) is 0 Å². The fourth-order valence-corrected chi connectivity index (χ4v) is 0.406. The van der Waals surface area contributed by atoms with Gasteiger partial charge in [-0.3, -0.25) is 0 Å². The third kappa shape index (κ3) is 4.52. The van der Waals surface area contributed by atoms with E-state index in [1.807, 2.05) is 0 Å². The Morgan fingerprint density at radius 2 is 2.09 bits per heavy atom. The highest BCUT2D eigenvalue weighted by atomic mass is 16.5. The van der Waals surface area contributed by atoms with E-state index in [1.165, 1.54) is 20.1 Å². The second-order valence-corrected chi connectivity index (χ2v) is 2.11. The average Bonchev–Trinajstić information content (AvgIpc) is 1.99. The molecule has 0 heterocycles. The van der Waals surface area contributed by atoms with E-state index >= 15 is 0 Å². The molecule has 0 aliphatic carbocycles. The van der Waals surface area contributed by atoms with Crippen molar-refractivity contribution in [2.45, 2.75) is 19.1 Å². The predicted octanol–water partition coefficient (Wildman–Crippen LogP) is -0.543. The summed E-state index contributed by atoms with van der Waals surface area (Å²) in [5.74, 6) is -0.551. The monoisotopic (exact) mass is 160 g/mol. The van der Waals surface area contributed by atoms with Gasteiger partial charge in [-0.15, -0.1) is 0 Å². The molecule has 0 saturated heterocycles. The Morgan fingerprint density at radius 1 is 1.55 bits per heavy atom. The van der Waals surface area contributed by atoms with E-state index in [1.54, 1.807) is 0 Å². The molecule has 0 aliphatic heterocycles. The van der Waals surface area contributed by atoms with Gasteiger partial charge >= 0.3 is 5.97 Å². The summed E-state index contributed by atoms with van der Waals surface area (Å²) >= 11 is 0. The summed E-state index contributed by atoms with van der Waals surface area (Å²) in [6, 6.07) is 0. The van der Waals surface area contributed by atoms with E-state index in [0.29, 0.717) is 0 Å². The number of carbonyl (C=O) groups is 1. The smallest absolute Gasteiger partial charge is 0.330 e. The van der Waals surface area contributed by atoms with Crippen LogP contribution in [0.2, 0.25) is 0 Å². The normalized spacial score (nSPS) is 16.4. The maximum absolute atomic E-state index is 10.4. The van der Waals surface area contributed by atoms with Gasteiger partial charge in [0.05, 0.1) is 19.3 Å². The van der Waals surface area contributed by atoms with E-state index in [2.05, 4.69) is 4.74 Å². The summed E-state index contributed by atoms with van der Waals surface area (Å²) in [7, 11) is 1.24. The number of methoxy groups -OCH3 is 1. The largest absolute Gasteiger partial charge is 0.466 e. The number of aliphatic hydroxyl groups is 2. The third-order valence-corrected chi connectivity index (χ3v) is 1.12. The number of ether oxygens (including phenoxy) is 1. The Hall–Kier alpha value is -0.870. The standard InChI is InChI=1S/C7H12O4/c1-5(8)6(9)3-4-7(10)11-2/h3-6,8-9H,1-2H3/b4-3+/t5-,6+/m1/s1. The molecule has 0 fully saturated rings. The van der Waals surface area contributed by atoms with Gasteiger partial charge in [0.15, 0.2) is 0 Å². The fourth-order valence-electron chi connectivity index (χ4n) is 0.406. The molecule has 0 aromatic carbocycles. The summed E-state index contributed by atoms with van der Waals surface area (Å²) in [6.45, 7) is 1.42. The summed E-state index contributed by atoms with van der Waals surface area (Å²) in [5.41, 5.74) is 0. The lowest BCUT2D eigenvalue weighted by molar-refractivity contribution is -0.134. The quantitative estimate of drug-likeness (QED) is 0.429. The van der Waals surface area contributed by atoms with Crippen LogP contribution < -0.4 is 0 Å². The molecule has 0 aromatic rings. The van der Waals surface area contributed by atoms with Crippen LogP contribution in [0.5, 0.6) is 0 Å². The van der Waals surface area contributed by atoms with E-state index in [0.717, 1.165) is 6.08 Å². The maximum Gasteiger partial charge on any atom is 0.330 e. The van der Waals surface area contributed by atoms with E-state index in [-0.39, 0.29) is 0 Å². The van der Waals surface area contributed by atoms with Gasteiger partial charge < -0.3 is 14.9 Å². The SMILES string of the molecule is COC(=O)/C=C/[C@H](O)[C@@H](C)O. The summed E-state index contributed by atoms with van der Waals surface area (Å²) in [5, 5.41) is 17.7. The Morgan fingerprint density at radius 3 is 2.45 bits per heavy atom. The average molecular weight is 160 g/mol. The van der Waals surface area contributed by atoms with Crippen LogP contribution in [0.15, 0.2) is 12.2 Å². The minimum atomic E-state index is -1.02. The van der Waals surface area contributed by atoms with Gasteiger partial charge in [-0.1, -0.05) is 0 Å². The number of esters is 1. The maximum atomic E-state index is 10.4. The lowest BCUT2D eigenvalue weighted by Crippen LogP contribution is -2.19. The van der Waals surface area contributed by atoms with Crippen molar-refractivity contribution in [2.24, 2.45) is 0 Å². The molecule has 2 N–H and O–H groups in total. The van der Waals surface area contributed by atoms with Gasteiger partial charge in [-0.05, 0) is 13.0 Å². The number of rotatable bonds is 3. The van der Waals surface area contributed by atoms with Crippen molar-refractivity contribution in [3.05, 3.63) is 12.2 Å². The molecule has 0 saturated carbocycles. The lowest BCUT2D eigenvalue weighted by Gasteiger charge is -2.06. The van der Waals surface area contributed by atoms with E-state index in [9.17, 15) is 4.79 Å². The van der Waals surface area contributed by atoms with Gasteiger partial charge in [-0.25, -0.2) is 4.79 Å². The van der Waals surface area contributed by atoms with Crippen molar-refractivity contribution in [3.63, 3.8) is 0 Å². The zero-order valence-electron chi connectivity index (χ0n) is 6.52. The van der Waals surface area contributed by atoms with Crippen LogP contribution in [-0.2, 0) is 9.53 Å². The molecule has 0 amide bonds. The predicted molar refractivity (Wildman–Crippen MR) is 38.8 cm³/mol. The topological polar surface area (TPSA) is 66.8 Å². The molecule has 0 aliphatic rings. The van der Waals surface area contributed by atoms with Gasteiger partial charge in [0.1, 0.15) is 0 Å². The molecular formula is C7H12O4. The van der Waals surface area contributed by atoms with Crippen LogP contribution in [0.1, 0.15) is 6.92 Å². The minimum Gasteiger partial charge on any atom is -0.466 e. The lowest BCUT2D eigenvalue weighted by atomic mass is 10.2. The Kier molecular flexibility index (Phi) is 4.49. The summed E-state index contributed by atoms with van der Waals surface area (Å²) in [4.78, 5) is 10.4. The first-order valence-corrected chi connectivity index (χ1v) is 3.20. The molecular weight excluding hydrogens is 148 g/mol. The van der Waals surface area contributed by atoms with Crippen LogP contribution in [0, 0.1) is 0 Å². The molecule has 4 nitrogen and oxygen atoms in total. The first-order chi connectivity index (χ1) is 5.07. The van der Waals surface area contributed by atoms with Gasteiger partial charge in [0, 0.05) is 6.08 Å². The highest BCUT2D eigenvalue weighted by Gasteiger charge is 2.06. The molecule has 0 spiro atoms. The zero-order chi connectivity index (χ0) is 8.85. The number of hydrogen-bond acceptors (Lipinski definition) is 4. The third-order valence-electron chi connectivity index (χ3n) is 1.12. The van der Waals surface area contributed by atoms with Gasteiger partial charge in [-0.2, -0.15) is 0 Å². The molecule has 0 radical (unpaired) electrons. The van der Waals surface area contributed by atoms with Crippen LogP contribution in [0.4, 0.5) is 0 Å². The van der Waals surface area contributed by atoms with Crippen molar-refractivity contribution in [3.8, 4) is 0 Å². The highest BCUT2D eigenvalue weighted by molar-refractivity contribution is 5.81. The van der Waals surface area contributed by atoms with Crippen molar-refractivity contribution in [1.29, 1.82) is 0 Å². The molecule has 0 rings (SSSR count). The van der Waals surface area contributed by atoms with Crippen LogP contribution >= 0.6 is 0 Å². The molecule has 2 atom stereocenters.